The van der Waals surface area contributed by atoms with Crippen molar-refractivity contribution in [2.75, 3.05) is 5.32 Å². The first-order valence-electron chi connectivity index (χ1n) is 6.60. The van der Waals surface area contributed by atoms with Crippen molar-refractivity contribution in [3.8, 4) is 0 Å². The van der Waals surface area contributed by atoms with Crippen LogP contribution in [0, 0.1) is 5.92 Å². The molecule has 1 aliphatic rings. The van der Waals surface area contributed by atoms with Gasteiger partial charge in [-0.15, -0.1) is 0 Å². The first-order chi connectivity index (χ1) is 9.54. The van der Waals surface area contributed by atoms with Gasteiger partial charge < -0.3 is 10.6 Å². The van der Waals surface area contributed by atoms with E-state index >= 15 is 0 Å². The van der Waals surface area contributed by atoms with Crippen LogP contribution in [0.5, 0.6) is 0 Å². The number of benzene rings is 1. The van der Waals surface area contributed by atoms with Gasteiger partial charge in [-0.3, -0.25) is 4.79 Å². The Bertz CT molecular complexity index is 516. The lowest BCUT2D eigenvalue weighted by Crippen LogP contribution is -2.34. The van der Waals surface area contributed by atoms with Gasteiger partial charge in [0, 0.05) is 12.1 Å². The van der Waals surface area contributed by atoms with E-state index in [1.807, 2.05) is 0 Å². The molecule has 0 aromatic heterocycles. The molecule has 1 fully saturated rings. The highest BCUT2D eigenvalue weighted by molar-refractivity contribution is 7.80. The molecule has 1 amide bonds. The van der Waals surface area contributed by atoms with Gasteiger partial charge in [0.2, 0.25) is 5.91 Å². The Morgan fingerprint density at radius 1 is 1.25 bits per heavy atom. The summed E-state index contributed by atoms with van der Waals surface area (Å²) >= 11 is 16.9. The van der Waals surface area contributed by atoms with Gasteiger partial charge in [0.05, 0.1) is 10.0 Å². The second-order valence-corrected chi connectivity index (χ2v) is 6.21. The molecule has 1 aromatic rings. The summed E-state index contributed by atoms with van der Waals surface area (Å²) in [7, 11) is 0. The average molecular weight is 331 g/mol. The second kappa shape index (κ2) is 7.25. The number of rotatable bonds is 3. The molecule has 3 nitrogen and oxygen atoms in total. The standard InChI is InChI=1S/C14H16Cl2N2OS/c15-11-6-5-10(8-12(11)16)17-14(20)18-13(19)7-9-3-1-2-4-9/h5-6,8-9H,1-4,7H2,(H2,17,18,19,20). The van der Waals surface area contributed by atoms with Gasteiger partial charge in [-0.25, -0.2) is 0 Å². The van der Waals surface area contributed by atoms with Crippen LogP contribution in [0.3, 0.4) is 0 Å². The van der Waals surface area contributed by atoms with Crippen LogP contribution >= 0.6 is 35.4 Å². The number of thiocarbonyl (C=S) groups is 1. The van der Waals surface area contributed by atoms with E-state index in [4.69, 9.17) is 35.4 Å². The smallest absolute Gasteiger partial charge is 0.226 e. The van der Waals surface area contributed by atoms with Crippen molar-refractivity contribution in [1.82, 2.24) is 5.32 Å². The van der Waals surface area contributed by atoms with E-state index in [-0.39, 0.29) is 11.0 Å². The van der Waals surface area contributed by atoms with Gasteiger partial charge in [-0.05, 0) is 49.2 Å². The molecule has 0 aliphatic heterocycles. The van der Waals surface area contributed by atoms with E-state index in [0.717, 1.165) is 12.8 Å². The maximum absolute atomic E-state index is 11.8. The fourth-order valence-electron chi connectivity index (χ4n) is 2.39. The zero-order valence-electron chi connectivity index (χ0n) is 10.9. The number of carbonyl (C=O) groups excluding carboxylic acids is 1. The van der Waals surface area contributed by atoms with Gasteiger partial charge in [0.15, 0.2) is 5.11 Å². The number of amides is 1. The van der Waals surface area contributed by atoms with E-state index in [1.165, 1.54) is 12.8 Å². The molecule has 0 heterocycles. The highest BCUT2D eigenvalue weighted by atomic mass is 35.5. The van der Waals surface area contributed by atoms with E-state index in [9.17, 15) is 4.79 Å². The lowest BCUT2D eigenvalue weighted by molar-refractivity contribution is -0.120. The van der Waals surface area contributed by atoms with Crippen LogP contribution in [-0.2, 0) is 4.79 Å². The molecule has 2 N–H and O–H groups in total. The molecule has 108 valence electrons. The molecule has 2 rings (SSSR count). The molecule has 1 aromatic carbocycles. The van der Waals surface area contributed by atoms with Crippen LogP contribution in [0.1, 0.15) is 32.1 Å². The number of halogens is 2. The highest BCUT2D eigenvalue weighted by Gasteiger charge is 2.18. The summed E-state index contributed by atoms with van der Waals surface area (Å²) in [5.41, 5.74) is 0.700. The molecule has 0 unspecified atom stereocenters. The van der Waals surface area contributed by atoms with E-state index in [0.29, 0.717) is 28.1 Å². The van der Waals surface area contributed by atoms with Crippen molar-refractivity contribution >= 4 is 52.1 Å². The van der Waals surface area contributed by atoms with Gasteiger partial charge in [-0.1, -0.05) is 36.0 Å². The summed E-state index contributed by atoms with van der Waals surface area (Å²) in [6, 6.07) is 5.10. The minimum Gasteiger partial charge on any atom is -0.332 e. The fourth-order valence-corrected chi connectivity index (χ4v) is 2.92. The quantitative estimate of drug-likeness (QED) is 0.807. The summed E-state index contributed by atoms with van der Waals surface area (Å²) in [5, 5.41) is 6.82. The van der Waals surface area contributed by atoms with Crippen molar-refractivity contribution < 1.29 is 4.79 Å². The van der Waals surface area contributed by atoms with Crippen LogP contribution in [0.2, 0.25) is 10.0 Å². The molecule has 1 saturated carbocycles. The Hall–Kier alpha value is -0.840. The monoisotopic (exact) mass is 330 g/mol. The molecule has 0 spiro atoms. The summed E-state index contributed by atoms with van der Waals surface area (Å²) in [6.45, 7) is 0. The van der Waals surface area contributed by atoms with Crippen LogP contribution in [0.15, 0.2) is 18.2 Å². The predicted octanol–water partition coefficient (Wildman–Crippen LogP) is 4.39. The number of anilines is 1. The molecule has 20 heavy (non-hydrogen) atoms. The van der Waals surface area contributed by atoms with Gasteiger partial charge >= 0.3 is 0 Å². The summed E-state index contributed by atoms with van der Waals surface area (Å²) in [5.74, 6) is 0.470. The number of carbonyl (C=O) groups is 1. The molecule has 0 radical (unpaired) electrons. The zero-order chi connectivity index (χ0) is 14.5. The third-order valence-corrected chi connectivity index (χ3v) is 4.32. The van der Waals surface area contributed by atoms with Gasteiger partial charge in [0.1, 0.15) is 0 Å². The Morgan fingerprint density at radius 3 is 2.60 bits per heavy atom. The third kappa shape index (κ3) is 4.62. The molecular weight excluding hydrogens is 315 g/mol. The van der Waals surface area contributed by atoms with Crippen LogP contribution in [0.25, 0.3) is 0 Å². The lowest BCUT2D eigenvalue weighted by Gasteiger charge is -2.12. The number of hydrogen-bond donors (Lipinski definition) is 2. The maximum atomic E-state index is 11.8. The number of hydrogen-bond acceptors (Lipinski definition) is 2. The predicted molar refractivity (Wildman–Crippen MR) is 87.4 cm³/mol. The van der Waals surface area contributed by atoms with Crippen LogP contribution < -0.4 is 10.6 Å². The van der Waals surface area contributed by atoms with Crippen molar-refractivity contribution in [2.45, 2.75) is 32.1 Å². The van der Waals surface area contributed by atoms with Crippen LogP contribution in [-0.4, -0.2) is 11.0 Å². The SMILES string of the molecule is O=C(CC1CCCC1)NC(=S)Nc1ccc(Cl)c(Cl)c1. The largest absolute Gasteiger partial charge is 0.332 e. The summed E-state index contributed by atoms with van der Waals surface area (Å²) in [6.07, 6.45) is 5.28. The minimum absolute atomic E-state index is 0.0329. The Balaban J connectivity index is 1.82. The molecule has 0 atom stereocenters. The second-order valence-electron chi connectivity index (χ2n) is 4.99. The number of nitrogens with one attached hydrogen (secondary N) is 2. The summed E-state index contributed by atoms with van der Waals surface area (Å²) < 4.78 is 0. The lowest BCUT2D eigenvalue weighted by atomic mass is 10.0. The van der Waals surface area contributed by atoms with Crippen molar-refractivity contribution in [3.05, 3.63) is 28.2 Å². The molecule has 1 aliphatic carbocycles. The topological polar surface area (TPSA) is 41.1 Å². The van der Waals surface area contributed by atoms with Gasteiger partial charge in [0.25, 0.3) is 0 Å². The summed E-state index contributed by atoms with van der Waals surface area (Å²) in [4.78, 5) is 11.8. The van der Waals surface area contributed by atoms with E-state index in [2.05, 4.69) is 10.6 Å². The first-order valence-corrected chi connectivity index (χ1v) is 7.77. The van der Waals surface area contributed by atoms with E-state index < -0.39 is 0 Å². The highest BCUT2D eigenvalue weighted by Crippen LogP contribution is 2.27. The molecule has 6 heteroatoms. The Labute approximate surface area is 134 Å². The Morgan fingerprint density at radius 2 is 1.95 bits per heavy atom. The van der Waals surface area contributed by atoms with Crippen LogP contribution in [0.4, 0.5) is 5.69 Å². The van der Waals surface area contributed by atoms with E-state index in [1.54, 1.807) is 18.2 Å². The zero-order valence-corrected chi connectivity index (χ0v) is 13.2. The molecular formula is C14H16Cl2N2OS. The fraction of sp³-hybridized carbons (Fsp3) is 0.429. The average Bonchev–Trinajstić information content (AvgIpc) is 2.86. The van der Waals surface area contributed by atoms with Crippen molar-refractivity contribution in [1.29, 1.82) is 0 Å². The van der Waals surface area contributed by atoms with Crippen molar-refractivity contribution in [2.24, 2.45) is 5.92 Å². The molecule has 0 bridgehead atoms. The Kier molecular flexibility index (Phi) is 5.64. The maximum Gasteiger partial charge on any atom is 0.226 e. The first kappa shape index (κ1) is 15.5. The minimum atomic E-state index is -0.0329. The molecule has 0 saturated heterocycles. The normalized spacial score (nSPS) is 15.1. The van der Waals surface area contributed by atoms with Gasteiger partial charge in [-0.2, -0.15) is 0 Å². The van der Waals surface area contributed by atoms with Crippen molar-refractivity contribution in [3.63, 3.8) is 0 Å². The third-order valence-electron chi connectivity index (χ3n) is 3.38.